The lowest BCUT2D eigenvalue weighted by Gasteiger charge is -2.31. The van der Waals surface area contributed by atoms with Gasteiger partial charge in [0.15, 0.2) is 0 Å². The summed E-state index contributed by atoms with van der Waals surface area (Å²) in [6, 6.07) is 0. The number of hydrogen-bond acceptors (Lipinski definition) is 5. The standard InChI is InChI=1S/C12H20N4OS.ClH/c1-8(2)9-15-16-11(18-9)14-10(17)12(13)6-4-3-5-7-12;/h8H,3-7,13H2,1-2H3,(H,14,16,17);1H. The molecule has 0 spiro atoms. The maximum atomic E-state index is 12.2. The molecule has 0 bridgehead atoms. The van der Waals surface area contributed by atoms with Crippen LogP contribution in [0.5, 0.6) is 0 Å². The summed E-state index contributed by atoms with van der Waals surface area (Å²) in [5.74, 6) is 0.211. The number of nitrogens with zero attached hydrogens (tertiary/aromatic N) is 2. The third-order valence-corrected chi connectivity index (χ3v) is 4.49. The number of hydrogen-bond donors (Lipinski definition) is 2. The Labute approximate surface area is 123 Å². The van der Waals surface area contributed by atoms with Gasteiger partial charge in [0.25, 0.3) is 0 Å². The van der Waals surface area contributed by atoms with Crippen LogP contribution < -0.4 is 11.1 Å². The molecule has 1 heterocycles. The fraction of sp³-hybridized carbons (Fsp3) is 0.750. The van der Waals surface area contributed by atoms with Crippen molar-refractivity contribution in [2.24, 2.45) is 5.73 Å². The molecule has 0 aromatic carbocycles. The molecule has 1 aromatic rings. The van der Waals surface area contributed by atoms with Gasteiger partial charge in [0.05, 0.1) is 5.54 Å². The van der Waals surface area contributed by atoms with E-state index in [2.05, 4.69) is 29.4 Å². The molecule has 19 heavy (non-hydrogen) atoms. The monoisotopic (exact) mass is 304 g/mol. The smallest absolute Gasteiger partial charge is 0.246 e. The summed E-state index contributed by atoms with van der Waals surface area (Å²) in [4.78, 5) is 12.2. The average Bonchev–Trinajstić information content (AvgIpc) is 2.78. The highest BCUT2D eigenvalue weighted by atomic mass is 35.5. The molecule has 108 valence electrons. The van der Waals surface area contributed by atoms with E-state index in [4.69, 9.17) is 5.73 Å². The molecular formula is C12H21ClN4OS. The Hall–Kier alpha value is -0.720. The van der Waals surface area contributed by atoms with Crippen LogP contribution in [0.25, 0.3) is 0 Å². The molecule has 1 amide bonds. The van der Waals surface area contributed by atoms with Crippen molar-refractivity contribution in [3.05, 3.63) is 5.01 Å². The van der Waals surface area contributed by atoms with Gasteiger partial charge in [-0.1, -0.05) is 44.4 Å². The lowest BCUT2D eigenvalue weighted by atomic mass is 9.82. The first kappa shape index (κ1) is 16.3. The van der Waals surface area contributed by atoms with Crippen LogP contribution in [0.2, 0.25) is 0 Å². The van der Waals surface area contributed by atoms with E-state index < -0.39 is 5.54 Å². The molecule has 3 N–H and O–H groups in total. The van der Waals surface area contributed by atoms with Crippen LogP contribution in [0.15, 0.2) is 0 Å². The van der Waals surface area contributed by atoms with Gasteiger partial charge in [-0.25, -0.2) is 0 Å². The average molecular weight is 305 g/mol. The minimum atomic E-state index is -0.720. The van der Waals surface area contributed by atoms with E-state index in [0.29, 0.717) is 11.0 Å². The summed E-state index contributed by atoms with van der Waals surface area (Å²) in [5.41, 5.74) is 5.44. The lowest BCUT2D eigenvalue weighted by Crippen LogP contribution is -2.52. The number of halogens is 1. The van der Waals surface area contributed by atoms with Gasteiger partial charge in [-0.2, -0.15) is 0 Å². The zero-order valence-corrected chi connectivity index (χ0v) is 12.9. The first-order chi connectivity index (χ1) is 8.51. The third kappa shape index (κ3) is 3.87. The molecular weight excluding hydrogens is 284 g/mol. The van der Waals surface area contributed by atoms with E-state index in [9.17, 15) is 4.79 Å². The molecule has 0 unspecified atom stereocenters. The van der Waals surface area contributed by atoms with E-state index in [1.54, 1.807) is 0 Å². The normalized spacial score (nSPS) is 17.9. The summed E-state index contributed by atoms with van der Waals surface area (Å²) in [7, 11) is 0. The van der Waals surface area contributed by atoms with E-state index in [1.165, 1.54) is 17.8 Å². The molecule has 1 saturated carbocycles. The van der Waals surface area contributed by atoms with Crippen molar-refractivity contribution in [3.63, 3.8) is 0 Å². The summed E-state index contributed by atoms with van der Waals surface area (Å²) >= 11 is 1.42. The van der Waals surface area contributed by atoms with Crippen LogP contribution in [-0.2, 0) is 4.79 Å². The van der Waals surface area contributed by atoms with Gasteiger partial charge in [0.1, 0.15) is 5.01 Å². The quantitative estimate of drug-likeness (QED) is 0.899. The Morgan fingerprint density at radius 1 is 1.32 bits per heavy atom. The molecule has 0 aliphatic heterocycles. The number of aromatic nitrogens is 2. The molecule has 0 radical (unpaired) electrons. The van der Waals surface area contributed by atoms with E-state index in [-0.39, 0.29) is 18.3 Å². The number of rotatable bonds is 3. The maximum Gasteiger partial charge on any atom is 0.246 e. The van der Waals surface area contributed by atoms with Gasteiger partial charge in [-0.15, -0.1) is 22.6 Å². The molecule has 2 rings (SSSR count). The van der Waals surface area contributed by atoms with Gasteiger partial charge in [-0.05, 0) is 12.8 Å². The van der Waals surface area contributed by atoms with Gasteiger partial charge in [0.2, 0.25) is 11.0 Å². The van der Waals surface area contributed by atoms with E-state index >= 15 is 0 Å². The molecule has 1 fully saturated rings. The first-order valence-corrected chi connectivity index (χ1v) is 7.27. The molecule has 1 aromatic heterocycles. The highest BCUT2D eigenvalue weighted by Crippen LogP contribution is 2.28. The summed E-state index contributed by atoms with van der Waals surface area (Å²) in [6.07, 6.45) is 4.74. The second kappa shape index (κ2) is 6.63. The number of anilines is 1. The Morgan fingerprint density at radius 3 is 2.47 bits per heavy atom. The van der Waals surface area contributed by atoms with Crippen LogP contribution in [0.4, 0.5) is 5.13 Å². The third-order valence-electron chi connectivity index (χ3n) is 3.35. The largest absolute Gasteiger partial charge is 0.317 e. The van der Waals surface area contributed by atoms with Crippen LogP contribution >= 0.6 is 23.7 Å². The Balaban J connectivity index is 0.00000180. The SMILES string of the molecule is CC(C)c1nnc(NC(=O)C2(N)CCCCC2)s1.Cl. The van der Waals surface area contributed by atoms with Crippen molar-refractivity contribution in [1.29, 1.82) is 0 Å². The van der Waals surface area contributed by atoms with Gasteiger partial charge in [-0.3, -0.25) is 10.1 Å². The molecule has 1 aliphatic carbocycles. The van der Waals surface area contributed by atoms with Crippen molar-refractivity contribution in [3.8, 4) is 0 Å². The second-order valence-corrected chi connectivity index (χ2v) is 6.28. The summed E-state index contributed by atoms with van der Waals surface area (Å²) in [6.45, 7) is 4.11. The van der Waals surface area contributed by atoms with E-state index in [1.807, 2.05) is 0 Å². The van der Waals surface area contributed by atoms with Crippen molar-refractivity contribution in [2.75, 3.05) is 5.32 Å². The molecule has 1 aliphatic rings. The number of nitrogens with one attached hydrogen (secondary N) is 1. The molecule has 7 heteroatoms. The predicted molar refractivity (Wildman–Crippen MR) is 79.9 cm³/mol. The minimum Gasteiger partial charge on any atom is -0.317 e. The van der Waals surface area contributed by atoms with Crippen LogP contribution in [-0.4, -0.2) is 21.6 Å². The Morgan fingerprint density at radius 2 is 1.95 bits per heavy atom. The number of carbonyl (C=O) groups is 1. The maximum absolute atomic E-state index is 12.2. The van der Waals surface area contributed by atoms with Crippen LogP contribution in [0, 0.1) is 0 Å². The van der Waals surface area contributed by atoms with Gasteiger partial charge in [0, 0.05) is 5.92 Å². The summed E-state index contributed by atoms with van der Waals surface area (Å²) in [5, 5.41) is 12.3. The van der Waals surface area contributed by atoms with E-state index in [0.717, 1.165) is 30.7 Å². The number of nitrogens with two attached hydrogens (primary N) is 1. The number of amides is 1. The fourth-order valence-corrected chi connectivity index (χ4v) is 2.89. The van der Waals surface area contributed by atoms with Crippen molar-refractivity contribution < 1.29 is 4.79 Å². The van der Waals surface area contributed by atoms with Crippen LogP contribution in [0.3, 0.4) is 0 Å². The topological polar surface area (TPSA) is 80.9 Å². The minimum absolute atomic E-state index is 0. The second-order valence-electron chi connectivity index (χ2n) is 5.27. The van der Waals surface area contributed by atoms with Crippen LogP contribution in [0.1, 0.15) is 56.9 Å². The highest BCUT2D eigenvalue weighted by molar-refractivity contribution is 7.15. The van der Waals surface area contributed by atoms with Gasteiger partial charge < -0.3 is 5.73 Å². The van der Waals surface area contributed by atoms with Crippen molar-refractivity contribution in [1.82, 2.24) is 10.2 Å². The van der Waals surface area contributed by atoms with Crippen molar-refractivity contribution in [2.45, 2.75) is 57.4 Å². The zero-order valence-electron chi connectivity index (χ0n) is 11.3. The molecule has 0 atom stereocenters. The van der Waals surface area contributed by atoms with Gasteiger partial charge >= 0.3 is 0 Å². The highest BCUT2D eigenvalue weighted by Gasteiger charge is 2.35. The number of carbonyl (C=O) groups excluding carboxylic acids is 1. The van der Waals surface area contributed by atoms with Crippen molar-refractivity contribution >= 4 is 34.8 Å². The molecule has 0 saturated heterocycles. The zero-order chi connectivity index (χ0) is 13.2. The lowest BCUT2D eigenvalue weighted by molar-refractivity contribution is -0.122. The fourth-order valence-electron chi connectivity index (χ4n) is 2.15. The Bertz CT molecular complexity index is 429. The first-order valence-electron chi connectivity index (χ1n) is 6.45. The summed E-state index contributed by atoms with van der Waals surface area (Å²) < 4.78 is 0. The Kier molecular flexibility index (Phi) is 5.70. The molecule has 5 nitrogen and oxygen atoms in total. The predicted octanol–water partition coefficient (Wildman–Crippen LogP) is 2.68.